The summed E-state index contributed by atoms with van der Waals surface area (Å²) in [6.45, 7) is 3.82. The number of aromatic nitrogens is 2. The summed E-state index contributed by atoms with van der Waals surface area (Å²) in [5.74, 6) is -1.02. The molecule has 0 aliphatic heterocycles. The Bertz CT molecular complexity index is 538. The van der Waals surface area contributed by atoms with Crippen LogP contribution in [0, 0.1) is 12.8 Å². The van der Waals surface area contributed by atoms with Gasteiger partial charge in [-0.3, -0.25) is 9.48 Å². The van der Waals surface area contributed by atoms with Crippen LogP contribution in [0.25, 0.3) is 0 Å². The van der Waals surface area contributed by atoms with E-state index in [9.17, 15) is 14.7 Å². The lowest BCUT2D eigenvalue weighted by Gasteiger charge is -2.37. The number of rotatable bonds is 3. The van der Waals surface area contributed by atoms with Gasteiger partial charge >= 0.3 is 5.97 Å². The Kier molecular flexibility index (Phi) is 3.83. The molecule has 1 aromatic rings. The van der Waals surface area contributed by atoms with Crippen molar-refractivity contribution in [1.82, 2.24) is 15.1 Å². The first kappa shape index (κ1) is 14.6. The second-order valence-corrected chi connectivity index (χ2v) is 5.84. The molecule has 6 heteroatoms. The number of nitrogens with one attached hydrogen (secondary N) is 1. The molecule has 0 spiro atoms. The first-order valence-corrected chi connectivity index (χ1v) is 6.90. The van der Waals surface area contributed by atoms with E-state index in [0.717, 1.165) is 18.5 Å². The average Bonchev–Trinajstić information content (AvgIpc) is 2.68. The summed E-state index contributed by atoms with van der Waals surface area (Å²) in [7, 11) is 1.68. The summed E-state index contributed by atoms with van der Waals surface area (Å²) >= 11 is 0. The van der Waals surface area contributed by atoms with Crippen LogP contribution in [0.5, 0.6) is 0 Å². The highest BCUT2D eigenvalue weighted by Gasteiger charge is 2.43. The zero-order chi connectivity index (χ0) is 14.9. The van der Waals surface area contributed by atoms with Gasteiger partial charge in [0, 0.05) is 7.05 Å². The maximum Gasteiger partial charge on any atom is 0.329 e. The van der Waals surface area contributed by atoms with Crippen molar-refractivity contribution in [3.05, 3.63) is 17.5 Å². The predicted molar refractivity (Wildman–Crippen MR) is 73.4 cm³/mol. The third-order valence-electron chi connectivity index (χ3n) is 3.99. The SMILES string of the molecule is Cc1cc(C(=O)NC2(C(=O)O)CCCC(C)C2)n(C)n1. The number of aliphatic carboxylic acids is 1. The Morgan fingerprint density at radius 1 is 1.55 bits per heavy atom. The Labute approximate surface area is 118 Å². The molecule has 6 nitrogen and oxygen atoms in total. The van der Waals surface area contributed by atoms with Crippen LogP contribution < -0.4 is 5.32 Å². The number of nitrogens with zero attached hydrogens (tertiary/aromatic N) is 2. The third kappa shape index (κ3) is 2.69. The van der Waals surface area contributed by atoms with Gasteiger partial charge in [0.15, 0.2) is 0 Å². The van der Waals surface area contributed by atoms with Gasteiger partial charge in [0.1, 0.15) is 11.2 Å². The van der Waals surface area contributed by atoms with Gasteiger partial charge in [0.25, 0.3) is 5.91 Å². The molecule has 1 aromatic heterocycles. The van der Waals surface area contributed by atoms with Crippen molar-refractivity contribution in [1.29, 1.82) is 0 Å². The molecule has 110 valence electrons. The van der Waals surface area contributed by atoms with Crippen molar-refractivity contribution in [2.45, 2.75) is 45.1 Å². The zero-order valence-electron chi connectivity index (χ0n) is 12.1. The Morgan fingerprint density at radius 2 is 2.25 bits per heavy atom. The molecule has 1 aliphatic carbocycles. The number of carbonyl (C=O) groups is 2. The van der Waals surface area contributed by atoms with E-state index in [0.29, 0.717) is 24.5 Å². The van der Waals surface area contributed by atoms with Gasteiger partial charge < -0.3 is 10.4 Å². The molecule has 20 heavy (non-hydrogen) atoms. The van der Waals surface area contributed by atoms with Gasteiger partial charge in [-0.05, 0) is 31.7 Å². The number of carboxylic acids is 1. The molecule has 1 fully saturated rings. The minimum Gasteiger partial charge on any atom is -0.480 e. The van der Waals surface area contributed by atoms with Crippen molar-refractivity contribution in [2.75, 3.05) is 0 Å². The first-order chi connectivity index (χ1) is 9.34. The van der Waals surface area contributed by atoms with Gasteiger partial charge in [-0.1, -0.05) is 19.8 Å². The summed E-state index contributed by atoms with van der Waals surface area (Å²) < 4.78 is 1.48. The third-order valence-corrected chi connectivity index (χ3v) is 3.99. The van der Waals surface area contributed by atoms with Crippen LogP contribution >= 0.6 is 0 Å². The minimum atomic E-state index is -1.15. The lowest BCUT2D eigenvalue weighted by Crippen LogP contribution is -2.57. The highest BCUT2D eigenvalue weighted by atomic mass is 16.4. The van der Waals surface area contributed by atoms with E-state index in [1.807, 2.05) is 6.92 Å². The number of amides is 1. The van der Waals surface area contributed by atoms with Crippen LogP contribution in [-0.2, 0) is 11.8 Å². The van der Waals surface area contributed by atoms with E-state index in [1.54, 1.807) is 20.0 Å². The largest absolute Gasteiger partial charge is 0.480 e. The van der Waals surface area contributed by atoms with Crippen LogP contribution in [0.3, 0.4) is 0 Å². The maximum atomic E-state index is 12.3. The highest BCUT2D eigenvalue weighted by molar-refractivity contribution is 5.96. The Morgan fingerprint density at radius 3 is 2.75 bits per heavy atom. The number of hydrogen-bond acceptors (Lipinski definition) is 3. The van der Waals surface area contributed by atoms with Gasteiger partial charge in [-0.2, -0.15) is 5.10 Å². The second kappa shape index (κ2) is 5.26. The summed E-state index contributed by atoms with van der Waals surface area (Å²) in [6, 6.07) is 1.66. The molecular formula is C14H21N3O3. The number of aryl methyl sites for hydroxylation is 2. The van der Waals surface area contributed by atoms with Gasteiger partial charge in [-0.15, -0.1) is 0 Å². The number of carbonyl (C=O) groups excluding carboxylic acids is 1. The van der Waals surface area contributed by atoms with Crippen molar-refractivity contribution >= 4 is 11.9 Å². The highest BCUT2D eigenvalue weighted by Crippen LogP contribution is 2.32. The molecule has 2 rings (SSSR count). The smallest absolute Gasteiger partial charge is 0.329 e. The molecule has 1 saturated carbocycles. The summed E-state index contributed by atoms with van der Waals surface area (Å²) in [6.07, 6.45) is 2.79. The fourth-order valence-corrected chi connectivity index (χ4v) is 3.02. The lowest BCUT2D eigenvalue weighted by atomic mass is 9.76. The summed E-state index contributed by atoms with van der Waals surface area (Å²) in [5.41, 5.74) is -0.0205. The minimum absolute atomic E-state index is 0.299. The maximum absolute atomic E-state index is 12.3. The molecule has 2 N–H and O–H groups in total. The molecular weight excluding hydrogens is 258 g/mol. The molecule has 1 heterocycles. The van der Waals surface area contributed by atoms with E-state index in [1.165, 1.54) is 4.68 Å². The van der Waals surface area contributed by atoms with Crippen LogP contribution in [0.1, 0.15) is 48.8 Å². The van der Waals surface area contributed by atoms with E-state index >= 15 is 0 Å². The van der Waals surface area contributed by atoms with Crippen molar-refractivity contribution in [3.8, 4) is 0 Å². The monoisotopic (exact) mass is 279 g/mol. The fraction of sp³-hybridized carbons (Fsp3) is 0.643. The quantitative estimate of drug-likeness (QED) is 0.878. The molecule has 0 aromatic carbocycles. The fourth-order valence-electron chi connectivity index (χ4n) is 3.02. The van der Waals surface area contributed by atoms with Gasteiger partial charge in [-0.25, -0.2) is 4.79 Å². The van der Waals surface area contributed by atoms with E-state index in [2.05, 4.69) is 10.4 Å². The molecule has 0 saturated heterocycles. The molecule has 2 unspecified atom stereocenters. The second-order valence-electron chi connectivity index (χ2n) is 5.84. The first-order valence-electron chi connectivity index (χ1n) is 6.90. The zero-order valence-corrected chi connectivity index (χ0v) is 12.1. The van der Waals surface area contributed by atoms with E-state index in [-0.39, 0.29) is 5.91 Å². The van der Waals surface area contributed by atoms with Gasteiger partial charge in [0.05, 0.1) is 5.69 Å². The molecule has 2 atom stereocenters. The van der Waals surface area contributed by atoms with E-state index < -0.39 is 11.5 Å². The molecule has 1 amide bonds. The number of carboxylic acid groups (broad SMARTS) is 1. The van der Waals surface area contributed by atoms with Crippen LogP contribution in [0.15, 0.2) is 6.07 Å². The summed E-state index contributed by atoms with van der Waals surface area (Å²) in [4.78, 5) is 24.0. The molecule has 1 aliphatic rings. The van der Waals surface area contributed by atoms with Crippen LogP contribution in [-0.4, -0.2) is 32.3 Å². The van der Waals surface area contributed by atoms with Crippen LogP contribution in [0.2, 0.25) is 0 Å². The lowest BCUT2D eigenvalue weighted by molar-refractivity contribution is -0.146. The summed E-state index contributed by atoms with van der Waals surface area (Å²) in [5, 5.41) is 16.4. The van der Waals surface area contributed by atoms with Crippen molar-refractivity contribution in [2.24, 2.45) is 13.0 Å². The topological polar surface area (TPSA) is 84.2 Å². The van der Waals surface area contributed by atoms with Crippen molar-refractivity contribution < 1.29 is 14.7 Å². The average molecular weight is 279 g/mol. The Balaban J connectivity index is 2.22. The van der Waals surface area contributed by atoms with Gasteiger partial charge in [0.2, 0.25) is 0 Å². The standard InChI is InChI=1S/C14H21N3O3/c1-9-5-4-6-14(8-9,13(19)20)15-12(18)11-7-10(2)16-17(11)3/h7,9H,4-6,8H2,1-3H3,(H,15,18)(H,19,20). The normalized spacial score (nSPS) is 26.2. The van der Waals surface area contributed by atoms with Crippen molar-refractivity contribution in [3.63, 3.8) is 0 Å². The molecule has 0 bridgehead atoms. The number of hydrogen-bond donors (Lipinski definition) is 2. The molecule has 0 radical (unpaired) electrons. The Hall–Kier alpha value is -1.85. The van der Waals surface area contributed by atoms with E-state index in [4.69, 9.17) is 0 Å². The van der Waals surface area contributed by atoms with Crippen LogP contribution in [0.4, 0.5) is 0 Å². The predicted octanol–water partition coefficient (Wildman–Crippen LogP) is 1.49.